The molecule has 8 heteroatoms. The molecule has 0 saturated carbocycles. The van der Waals surface area contributed by atoms with Gasteiger partial charge in [-0.2, -0.15) is 4.31 Å². The van der Waals surface area contributed by atoms with Crippen LogP contribution in [0.1, 0.15) is 11.1 Å². The van der Waals surface area contributed by atoms with Crippen molar-refractivity contribution in [1.29, 1.82) is 0 Å². The summed E-state index contributed by atoms with van der Waals surface area (Å²) in [4.78, 5) is 12.2. The molecule has 0 atom stereocenters. The third-order valence-corrected chi connectivity index (χ3v) is 5.90. The molecule has 0 spiro atoms. The number of amides is 1. The van der Waals surface area contributed by atoms with Crippen LogP contribution < -0.4 is 10.1 Å². The van der Waals surface area contributed by atoms with Gasteiger partial charge in [-0.05, 0) is 43.7 Å². The molecule has 0 bridgehead atoms. The van der Waals surface area contributed by atoms with E-state index < -0.39 is 15.9 Å². The number of carbonyl (C=O) groups is 1. The number of likely N-dealkylation sites (N-methyl/N-ethyl adjacent to an activating group) is 1. The molecule has 0 aromatic heterocycles. The fourth-order valence-electron chi connectivity index (χ4n) is 2.45. The number of anilines is 1. The number of rotatable bonds is 6. The van der Waals surface area contributed by atoms with Gasteiger partial charge in [0.2, 0.25) is 15.9 Å². The molecule has 0 heterocycles. The minimum absolute atomic E-state index is 0.0886. The van der Waals surface area contributed by atoms with Gasteiger partial charge in [-0.3, -0.25) is 4.79 Å². The highest BCUT2D eigenvalue weighted by Crippen LogP contribution is 2.29. The normalized spacial score (nSPS) is 11.5. The van der Waals surface area contributed by atoms with Crippen molar-refractivity contribution in [2.24, 2.45) is 0 Å². The zero-order chi connectivity index (χ0) is 19.5. The van der Waals surface area contributed by atoms with Crippen LogP contribution in [0.5, 0.6) is 5.75 Å². The molecule has 26 heavy (non-hydrogen) atoms. The molecular formula is C18H21ClN2O4S. The first-order valence-electron chi connectivity index (χ1n) is 7.82. The van der Waals surface area contributed by atoms with Crippen LogP contribution in [-0.2, 0) is 14.8 Å². The van der Waals surface area contributed by atoms with Crippen molar-refractivity contribution in [1.82, 2.24) is 4.31 Å². The van der Waals surface area contributed by atoms with Gasteiger partial charge in [-0.1, -0.05) is 29.3 Å². The first kappa shape index (κ1) is 20.2. The molecule has 0 radical (unpaired) electrons. The van der Waals surface area contributed by atoms with E-state index in [-0.39, 0.29) is 22.2 Å². The van der Waals surface area contributed by atoms with Gasteiger partial charge in [0, 0.05) is 17.8 Å². The minimum atomic E-state index is -3.95. The van der Waals surface area contributed by atoms with E-state index in [1.54, 1.807) is 6.07 Å². The van der Waals surface area contributed by atoms with E-state index >= 15 is 0 Å². The molecule has 1 amide bonds. The Hall–Kier alpha value is -2.09. The van der Waals surface area contributed by atoms with E-state index in [4.69, 9.17) is 16.3 Å². The number of hydrogen-bond acceptors (Lipinski definition) is 4. The van der Waals surface area contributed by atoms with Crippen molar-refractivity contribution < 1.29 is 17.9 Å². The van der Waals surface area contributed by atoms with E-state index in [0.29, 0.717) is 5.69 Å². The summed E-state index contributed by atoms with van der Waals surface area (Å²) in [6, 6.07) is 9.91. The van der Waals surface area contributed by atoms with Crippen LogP contribution in [-0.4, -0.2) is 39.3 Å². The average Bonchev–Trinajstić information content (AvgIpc) is 2.57. The number of methoxy groups -OCH3 is 1. The van der Waals surface area contributed by atoms with Gasteiger partial charge in [0.05, 0.1) is 13.7 Å². The number of benzene rings is 2. The minimum Gasteiger partial charge on any atom is -0.495 e. The summed E-state index contributed by atoms with van der Waals surface area (Å²) in [6.45, 7) is 3.49. The molecule has 0 aliphatic heterocycles. The number of ether oxygens (including phenoxy) is 1. The van der Waals surface area contributed by atoms with E-state index in [1.165, 1.54) is 32.4 Å². The molecular weight excluding hydrogens is 376 g/mol. The van der Waals surface area contributed by atoms with Crippen molar-refractivity contribution in [3.05, 3.63) is 52.5 Å². The van der Waals surface area contributed by atoms with Gasteiger partial charge in [-0.15, -0.1) is 0 Å². The second-order valence-corrected chi connectivity index (χ2v) is 8.37. The molecule has 2 aromatic carbocycles. The lowest BCUT2D eigenvalue weighted by Crippen LogP contribution is -2.35. The zero-order valence-corrected chi connectivity index (χ0v) is 16.6. The van der Waals surface area contributed by atoms with Gasteiger partial charge < -0.3 is 10.1 Å². The maximum absolute atomic E-state index is 12.8. The van der Waals surface area contributed by atoms with Crippen molar-refractivity contribution in [3.8, 4) is 5.75 Å². The van der Waals surface area contributed by atoms with Crippen molar-refractivity contribution in [2.45, 2.75) is 18.7 Å². The smallest absolute Gasteiger partial charge is 0.247 e. The first-order valence-corrected chi connectivity index (χ1v) is 9.64. The monoisotopic (exact) mass is 396 g/mol. The highest BCUT2D eigenvalue weighted by atomic mass is 35.5. The number of halogens is 1. The van der Waals surface area contributed by atoms with E-state index in [0.717, 1.165) is 15.4 Å². The number of carbonyl (C=O) groups excluding carboxylic acids is 1. The number of hydrogen-bond donors (Lipinski definition) is 1. The average molecular weight is 397 g/mol. The highest BCUT2D eigenvalue weighted by Gasteiger charge is 2.27. The van der Waals surface area contributed by atoms with E-state index in [9.17, 15) is 13.2 Å². The molecule has 0 aliphatic carbocycles. The SMILES string of the molecule is COc1ccc(Cl)cc1S(=O)(=O)N(C)CC(=O)Nc1ccc(C)cc1C. The second kappa shape index (κ2) is 8.07. The molecule has 0 unspecified atom stereocenters. The van der Waals surface area contributed by atoms with Gasteiger partial charge >= 0.3 is 0 Å². The molecule has 140 valence electrons. The van der Waals surface area contributed by atoms with Crippen molar-refractivity contribution in [3.63, 3.8) is 0 Å². The topological polar surface area (TPSA) is 75.7 Å². The summed E-state index contributed by atoms with van der Waals surface area (Å²) < 4.78 is 31.6. The lowest BCUT2D eigenvalue weighted by molar-refractivity contribution is -0.116. The van der Waals surface area contributed by atoms with Crippen molar-refractivity contribution >= 4 is 33.2 Å². The summed E-state index contributed by atoms with van der Waals surface area (Å²) >= 11 is 5.91. The molecule has 0 aliphatic rings. The Kier molecular flexibility index (Phi) is 6.28. The highest BCUT2D eigenvalue weighted by molar-refractivity contribution is 7.89. The van der Waals surface area contributed by atoms with E-state index in [1.807, 2.05) is 26.0 Å². The van der Waals surface area contributed by atoms with Gasteiger partial charge in [0.25, 0.3) is 0 Å². The fourth-order valence-corrected chi connectivity index (χ4v) is 3.99. The molecule has 0 saturated heterocycles. The summed E-state index contributed by atoms with van der Waals surface area (Å²) in [5, 5.41) is 2.99. The maximum atomic E-state index is 12.8. The number of aryl methyl sites for hydroxylation is 2. The van der Waals surface area contributed by atoms with Gasteiger partial charge in [0.1, 0.15) is 10.6 Å². The zero-order valence-electron chi connectivity index (χ0n) is 15.0. The summed E-state index contributed by atoms with van der Waals surface area (Å²) in [5.41, 5.74) is 2.63. The predicted octanol–water partition coefficient (Wildman–Crippen LogP) is 3.22. The molecule has 2 rings (SSSR count). The Morgan fingerprint density at radius 2 is 1.88 bits per heavy atom. The molecule has 6 nitrogen and oxygen atoms in total. The standard InChI is InChI=1S/C18H21ClN2O4S/c1-12-5-7-15(13(2)9-12)20-18(22)11-21(3)26(23,24)17-10-14(19)6-8-16(17)25-4/h5-10H,11H2,1-4H3,(H,20,22). The number of nitrogens with zero attached hydrogens (tertiary/aromatic N) is 1. The lowest BCUT2D eigenvalue weighted by Gasteiger charge is -2.19. The van der Waals surface area contributed by atoms with Crippen LogP contribution in [0.15, 0.2) is 41.3 Å². The fraction of sp³-hybridized carbons (Fsp3) is 0.278. The maximum Gasteiger partial charge on any atom is 0.247 e. The van der Waals surface area contributed by atoms with Gasteiger partial charge in [0.15, 0.2) is 0 Å². The van der Waals surface area contributed by atoms with Crippen molar-refractivity contribution in [2.75, 3.05) is 26.0 Å². The third kappa shape index (κ3) is 4.55. The summed E-state index contributed by atoms with van der Waals surface area (Å²) in [7, 11) is -1.24. The Balaban J connectivity index is 2.19. The summed E-state index contributed by atoms with van der Waals surface area (Å²) in [5.74, 6) is -0.278. The van der Waals surface area contributed by atoms with Gasteiger partial charge in [-0.25, -0.2) is 8.42 Å². The van der Waals surface area contributed by atoms with Crippen LogP contribution in [0.2, 0.25) is 5.02 Å². The van der Waals surface area contributed by atoms with Crippen LogP contribution in [0.4, 0.5) is 5.69 Å². The Labute approximate surface area is 158 Å². The second-order valence-electron chi connectivity index (χ2n) is 5.92. The largest absolute Gasteiger partial charge is 0.495 e. The Morgan fingerprint density at radius 3 is 2.50 bits per heavy atom. The van der Waals surface area contributed by atoms with Crippen LogP contribution in [0.25, 0.3) is 0 Å². The first-order chi connectivity index (χ1) is 12.1. The number of sulfonamides is 1. The Bertz CT molecular complexity index is 929. The van der Waals surface area contributed by atoms with Crippen LogP contribution in [0, 0.1) is 13.8 Å². The molecule has 0 fully saturated rings. The summed E-state index contributed by atoms with van der Waals surface area (Å²) in [6.07, 6.45) is 0. The van der Waals surface area contributed by atoms with Crippen LogP contribution >= 0.6 is 11.6 Å². The molecule has 2 aromatic rings. The molecule has 1 N–H and O–H groups in total. The quantitative estimate of drug-likeness (QED) is 0.813. The predicted molar refractivity (Wildman–Crippen MR) is 102 cm³/mol. The number of nitrogens with one attached hydrogen (secondary N) is 1. The van der Waals surface area contributed by atoms with E-state index in [2.05, 4.69) is 5.32 Å². The Morgan fingerprint density at radius 1 is 1.19 bits per heavy atom. The van der Waals surface area contributed by atoms with Crippen LogP contribution in [0.3, 0.4) is 0 Å². The third-order valence-electron chi connectivity index (χ3n) is 3.84. The lowest BCUT2D eigenvalue weighted by atomic mass is 10.1.